The zero-order valence-corrected chi connectivity index (χ0v) is 31.6. The Balaban J connectivity index is 1.90. The van der Waals surface area contributed by atoms with E-state index in [1.165, 1.54) is 0 Å². The van der Waals surface area contributed by atoms with Crippen LogP contribution in [0.3, 0.4) is 0 Å². The van der Waals surface area contributed by atoms with Crippen LogP contribution < -0.4 is 11.5 Å². The van der Waals surface area contributed by atoms with E-state index in [0.717, 1.165) is 6.42 Å². The van der Waals surface area contributed by atoms with Crippen LogP contribution in [-0.4, -0.2) is 121 Å². The van der Waals surface area contributed by atoms with Crippen molar-refractivity contribution in [1.29, 1.82) is 0 Å². The van der Waals surface area contributed by atoms with Gasteiger partial charge in [0.2, 0.25) is 5.91 Å². The van der Waals surface area contributed by atoms with E-state index in [4.69, 9.17) is 30.4 Å². The topological polar surface area (TPSA) is 262 Å². The zero-order chi connectivity index (χ0) is 40.0. The molecule has 54 heavy (non-hydrogen) atoms. The van der Waals surface area contributed by atoms with E-state index in [2.05, 4.69) is 0 Å². The average molecular weight is 767 g/mol. The van der Waals surface area contributed by atoms with Crippen molar-refractivity contribution in [2.45, 2.75) is 164 Å². The molecule has 14 atom stereocenters. The van der Waals surface area contributed by atoms with Crippen LogP contribution in [0.2, 0.25) is 0 Å². The molecular weight excluding hydrogens is 704 g/mol. The average Bonchev–Trinajstić information content (AvgIpc) is 3.08. The number of allylic oxidation sites excluding steroid dienone is 6. The zero-order valence-electron chi connectivity index (χ0n) is 31.6. The Morgan fingerprint density at radius 1 is 0.981 bits per heavy atom. The van der Waals surface area contributed by atoms with Crippen molar-refractivity contribution in [3.05, 3.63) is 48.6 Å². The predicted molar refractivity (Wildman–Crippen MR) is 197 cm³/mol. The molecule has 3 rings (SSSR count). The number of nitrogens with two attached hydrogens (primary N) is 2. The molecule has 0 aliphatic carbocycles. The Bertz CT molecular complexity index is 1320. The first-order chi connectivity index (χ1) is 25.6. The molecule has 0 radical (unpaired) electrons. The van der Waals surface area contributed by atoms with Crippen molar-refractivity contribution < 1.29 is 64.0 Å². The van der Waals surface area contributed by atoms with Gasteiger partial charge in [-0.2, -0.15) is 0 Å². The number of rotatable bonds is 6. The Morgan fingerprint density at radius 2 is 1.67 bits per heavy atom. The molecule has 3 aliphatic heterocycles. The highest BCUT2D eigenvalue weighted by molar-refractivity contribution is 5.80. The fourth-order valence-electron chi connectivity index (χ4n) is 7.20. The molecule has 10 N–H and O–H groups in total. The van der Waals surface area contributed by atoms with E-state index in [9.17, 15) is 45.0 Å². The largest absolute Gasteiger partial charge is 0.462 e. The Hall–Kier alpha value is -2.83. The van der Waals surface area contributed by atoms with Gasteiger partial charge in [-0.15, -0.1) is 0 Å². The number of hydrogen-bond acceptors (Lipinski definition) is 14. The highest BCUT2D eigenvalue weighted by atomic mass is 16.7. The third kappa shape index (κ3) is 13.7. The van der Waals surface area contributed by atoms with Gasteiger partial charge in [-0.25, -0.2) is 0 Å². The van der Waals surface area contributed by atoms with Crippen molar-refractivity contribution in [2.75, 3.05) is 0 Å². The summed E-state index contributed by atoms with van der Waals surface area (Å²) in [6, 6.07) is -1.08. The van der Waals surface area contributed by atoms with Crippen LogP contribution >= 0.6 is 0 Å². The first-order valence-electron chi connectivity index (χ1n) is 19.1. The molecule has 2 saturated heterocycles. The number of ether oxygens (including phenoxy) is 4. The predicted octanol–water partition coefficient (Wildman–Crippen LogP) is 1.10. The summed E-state index contributed by atoms with van der Waals surface area (Å²) in [6.45, 7) is 5.29. The quantitative estimate of drug-likeness (QED) is 0.176. The number of cyclic esters (lactones) is 1. The number of carbonyl (C=O) groups excluding carboxylic acids is 3. The van der Waals surface area contributed by atoms with Gasteiger partial charge in [0.05, 0.1) is 60.6 Å². The van der Waals surface area contributed by atoms with E-state index in [0.29, 0.717) is 12.8 Å². The molecular formula is C39H62N2O13. The Kier molecular flexibility index (Phi) is 18.6. The minimum atomic E-state index is -2.10. The molecule has 3 aliphatic rings. The molecule has 10 unspecified atom stereocenters. The van der Waals surface area contributed by atoms with Gasteiger partial charge in [0, 0.05) is 38.5 Å². The molecule has 1 amide bonds. The summed E-state index contributed by atoms with van der Waals surface area (Å²) in [7, 11) is 0. The number of esters is 1. The van der Waals surface area contributed by atoms with Gasteiger partial charge in [0.15, 0.2) is 12.1 Å². The van der Waals surface area contributed by atoms with E-state index in [1.54, 1.807) is 56.4 Å². The molecule has 15 heteroatoms. The second kappa shape index (κ2) is 22.0. The Morgan fingerprint density at radius 3 is 2.33 bits per heavy atom. The van der Waals surface area contributed by atoms with E-state index in [-0.39, 0.29) is 50.7 Å². The maximum absolute atomic E-state index is 13.0. The number of fused-ring (bicyclic) bond motifs is 2. The molecule has 2 fully saturated rings. The molecule has 15 nitrogen and oxygen atoms in total. The maximum atomic E-state index is 13.0. The van der Waals surface area contributed by atoms with Crippen molar-refractivity contribution in [3.8, 4) is 0 Å². The van der Waals surface area contributed by atoms with E-state index in [1.807, 2.05) is 13.0 Å². The molecule has 3 heterocycles. The standard InChI is InChI=1S/C39H62N2O13/c1-4-14-26-17-11-9-7-6-8-10-12-18-27(53-38-35(47)33(40)34(46)23(3)51-38)20-31-32(36(41)48)30(45)22-39(50,54-31)21-25(43)16-13-15-24(42)19-29(44)28(5-2)37(49)52-26/h6-12,18,23,25-35,38,43-47,50H,4-5,13-17,19-22,40H2,1-3H3,(H2,41,48)/b7-6-,10-8+,11-9+,18-12-/t23-,25?,26?,27?,28?,29?,30?,31?,32?,33+,34-,35+,38?,39?/m1/s1. The normalized spacial score (nSPS) is 42.3. The van der Waals surface area contributed by atoms with Gasteiger partial charge >= 0.3 is 5.97 Å². The first kappa shape index (κ1) is 45.6. The lowest BCUT2D eigenvalue weighted by molar-refractivity contribution is -0.306. The van der Waals surface area contributed by atoms with Crippen LogP contribution in [0.5, 0.6) is 0 Å². The summed E-state index contributed by atoms with van der Waals surface area (Å²) < 4.78 is 23.6. The summed E-state index contributed by atoms with van der Waals surface area (Å²) in [6.07, 6.45) is 3.91. The van der Waals surface area contributed by atoms with Gasteiger partial charge in [-0.05, 0) is 32.6 Å². The maximum Gasteiger partial charge on any atom is 0.311 e. The van der Waals surface area contributed by atoms with Gasteiger partial charge < -0.3 is 61.1 Å². The second-order valence-corrected chi connectivity index (χ2v) is 14.7. The highest BCUT2D eigenvalue weighted by Gasteiger charge is 2.50. The van der Waals surface area contributed by atoms with Crippen molar-refractivity contribution in [3.63, 3.8) is 0 Å². The lowest BCUT2D eigenvalue weighted by Gasteiger charge is -2.45. The number of carbonyl (C=O) groups is 3. The van der Waals surface area contributed by atoms with Gasteiger partial charge in [0.1, 0.15) is 18.0 Å². The summed E-state index contributed by atoms with van der Waals surface area (Å²) in [5.41, 5.74) is 11.7. The fourth-order valence-corrected chi connectivity index (χ4v) is 7.20. The first-order valence-corrected chi connectivity index (χ1v) is 19.1. The van der Waals surface area contributed by atoms with Crippen LogP contribution in [0.25, 0.3) is 0 Å². The summed E-state index contributed by atoms with van der Waals surface area (Å²) in [4.78, 5) is 38.4. The van der Waals surface area contributed by atoms with E-state index < -0.39 is 103 Å². The molecule has 0 saturated carbocycles. The number of aliphatic hydroxyl groups is 6. The number of Topliss-reactive ketones (excluding diaryl/α,β-unsaturated/α-hetero) is 1. The number of amides is 1. The van der Waals surface area contributed by atoms with Crippen LogP contribution in [0.4, 0.5) is 0 Å². The van der Waals surface area contributed by atoms with Crippen LogP contribution in [0.1, 0.15) is 91.4 Å². The second-order valence-electron chi connectivity index (χ2n) is 14.7. The van der Waals surface area contributed by atoms with Crippen molar-refractivity contribution in [2.24, 2.45) is 23.3 Å². The third-order valence-corrected chi connectivity index (χ3v) is 10.2. The minimum absolute atomic E-state index is 0.00114. The monoisotopic (exact) mass is 766 g/mol. The molecule has 0 spiro atoms. The van der Waals surface area contributed by atoms with Crippen LogP contribution in [0, 0.1) is 11.8 Å². The van der Waals surface area contributed by atoms with Gasteiger partial charge in [-0.3, -0.25) is 14.4 Å². The van der Waals surface area contributed by atoms with Crippen LogP contribution in [-0.2, 0) is 33.3 Å². The SMILES string of the molecule is CCCC1C/C=C/C=C\C=C\C=C/C(OC2O[C@H](C)[C@@H](O)[C@H](N)[C@@H]2O)CC2OC(O)(CC(O)CCCC(=O)CC(O)C(CC)C(=O)O1)CC(O)C2C(N)=O. The Labute approximate surface area is 317 Å². The van der Waals surface area contributed by atoms with Gasteiger partial charge in [-0.1, -0.05) is 68.9 Å². The molecule has 306 valence electrons. The summed E-state index contributed by atoms with van der Waals surface area (Å²) in [5.74, 6) is -6.00. The third-order valence-electron chi connectivity index (χ3n) is 10.2. The van der Waals surface area contributed by atoms with Gasteiger partial charge in [0.25, 0.3) is 0 Å². The van der Waals surface area contributed by atoms with Crippen molar-refractivity contribution in [1.82, 2.24) is 0 Å². The summed E-state index contributed by atoms with van der Waals surface area (Å²) in [5, 5.41) is 65.3. The minimum Gasteiger partial charge on any atom is -0.462 e. The number of hydrogen-bond donors (Lipinski definition) is 8. The lowest BCUT2D eigenvalue weighted by Crippen LogP contribution is -2.61. The van der Waals surface area contributed by atoms with Crippen LogP contribution in [0.15, 0.2) is 48.6 Å². The molecule has 2 bridgehead atoms. The smallest absolute Gasteiger partial charge is 0.311 e. The summed E-state index contributed by atoms with van der Waals surface area (Å²) >= 11 is 0. The molecule has 0 aromatic rings. The number of ketones is 1. The molecule has 0 aromatic carbocycles. The number of aliphatic hydroxyl groups excluding tert-OH is 5. The van der Waals surface area contributed by atoms with Crippen molar-refractivity contribution >= 4 is 17.7 Å². The highest BCUT2D eigenvalue weighted by Crippen LogP contribution is 2.38. The fraction of sp³-hybridized carbons (Fsp3) is 0.718. The molecule has 0 aromatic heterocycles. The lowest BCUT2D eigenvalue weighted by atomic mass is 9.82. The van der Waals surface area contributed by atoms with E-state index >= 15 is 0 Å². The number of primary amides is 1.